The van der Waals surface area contributed by atoms with E-state index in [1.165, 1.54) is 11.8 Å². The van der Waals surface area contributed by atoms with Gasteiger partial charge in [-0.15, -0.1) is 18.3 Å². The molecule has 0 unspecified atom stereocenters. The highest BCUT2D eigenvalue weighted by atomic mass is 35.5. The van der Waals surface area contributed by atoms with Crippen molar-refractivity contribution in [1.29, 1.82) is 5.26 Å². The smallest absolute Gasteiger partial charge is 0.225 e. The van der Waals surface area contributed by atoms with E-state index >= 15 is 0 Å². The lowest BCUT2D eigenvalue weighted by Gasteiger charge is -2.24. The molecule has 102 valence electrons. The van der Waals surface area contributed by atoms with Crippen LogP contribution in [0.5, 0.6) is 0 Å². The number of nitrogens with one attached hydrogen (secondary N) is 1. The molecule has 0 radical (unpaired) electrons. The molecule has 0 spiro atoms. The Kier molecular flexibility index (Phi) is 4.89. The lowest BCUT2D eigenvalue weighted by molar-refractivity contribution is -0.120. The topological polar surface area (TPSA) is 52.9 Å². The Morgan fingerprint density at radius 2 is 2.20 bits per heavy atom. The van der Waals surface area contributed by atoms with Crippen LogP contribution >= 0.6 is 23.4 Å². The van der Waals surface area contributed by atoms with E-state index < -0.39 is 0 Å². The standard InChI is InChI=1S/C15H13ClN2OS/c1-2-7-20-15-13(9-17)12(8-14(19)18-15)10-3-5-11(16)6-4-10/h2-6,12H,1,7-8H2,(H,18,19)/t12-/m0/s1. The summed E-state index contributed by atoms with van der Waals surface area (Å²) in [6, 6.07) is 9.49. The molecule has 1 aromatic rings. The summed E-state index contributed by atoms with van der Waals surface area (Å²) in [6.07, 6.45) is 2.02. The molecule has 0 bridgehead atoms. The second-order valence-corrected chi connectivity index (χ2v) is 5.78. The molecule has 1 aliphatic heterocycles. The van der Waals surface area contributed by atoms with E-state index in [9.17, 15) is 10.1 Å². The molecule has 0 saturated heterocycles. The first-order valence-electron chi connectivity index (χ1n) is 6.09. The van der Waals surface area contributed by atoms with E-state index in [1.54, 1.807) is 18.2 Å². The fraction of sp³-hybridized carbons (Fsp3) is 0.200. The minimum absolute atomic E-state index is 0.0736. The van der Waals surface area contributed by atoms with Gasteiger partial charge in [-0.25, -0.2) is 0 Å². The summed E-state index contributed by atoms with van der Waals surface area (Å²) in [5.74, 6) is 0.363. The van der Waals surface area contributed by atoms with Gasteiger partial charge in [0.25, 0.3) is 0 Å². The predicted octanol–water partition coefficient (Wildman–Crippen LogP) is 3.60. The number of allylic oxidation sites excluding steroid dienone is 1. The molecule has 3 nitrogen and oxygen atoms in total. The molecule has 1 heterocycles. The largest absolute Gasteiger partial charge is 0.320 e. The van der Waals surface area contributed by atoms with E-state index in [1.807, 2.05) is 12.1 Å². The van der Waals surface area contributed by atoms with E-state index in [0.29, 0.717) is 21.4 Å². The minimum atomic E-state index is -0.210. The number of nitriles is 1. The number of carbonyl (C=O) groups is 1. The number of hydrogen-bond donors (Lipinski definition) is 1. The number of nitrogens with zero attached hydrogens (tertiary/aromatic N) is 1. The summed E-state index contributed by atoms with van der Waals surface area (Å²) in [5, 5.41) is 13.4. The molecule has 0 aromatic heterocycles. The monoisotopic (exact) mass is 304 g/mol. The van der Waals surface area contributed by atoms with Crippen molar-refractivity contribution in [1.82, 2.24) is 5.32 Å². The molecule has 1 aromatic carbocycles. The summed E-state index contributed by atoms with van der Waals surface area (Å²) in [4.78, 5) is 11.8. The summed E-state index contributed by atoms with van der Waals surface area (Å²) in [6.45, 7) is 3.65. The van der Waals surface area contributed by atoms with Gasteiger partial charge in [0.1, 0.15) is 0 Å². The second-order valence-electron chi connectivity index (χ2n) is 4.31. The lowest BCUT2D eigenvalue weighted by atomic mass is 9.87. The van der Waals surface area contributed by atoms with Crippen LogP contribution in [0.1, 0.15) is 17.9 Å². The number of rotatable bonds is 4. The maximum Gasteiger partial charge on any atom is 0.225 e. The summed E-state index contributed by atoms with van der Waals surface area (Å²) < 4.78 is 0. The Morgan fingerprint density at radius 1 is 1.50 bits per heavy atom. The molecule has 0 fully saturated rings. The van der Waals surface area contributed by atoms with Crippen LogP contribution in [0.4, 0.5) is 0 Å². The van der Waals surface area contributed by atoms with Crippen molar-refractivity contribution in [2.75, 3.05) is 5.75 Å². The number of halogens is 1. The van der Waals surface area contributed by atoms with Gasteiger partial charge in [-0.3, -0.25) is 4.79 Å². The molecule has 1 atom stereocenters. The number of benzene rings is 1. The van der Waals surface area contributed by atoms with Crippen molar-refractivity contribution >= 4 is 29.3 Å². The average molecular weight is 305 g/mol. The Balaban J connectivity index is 2.39. The van der Waals surface area contributed by atoms with Gasteiger partial charge < -0.3 is 5.32 Å². The SMILES string of the molecule is C=CCSC1=C(C#N)[C@H](c2ccc(Cl)cc2)CC(=O)N1. The summed E-state index contributed by atoms with van der Waals surface area (Å²) >= 11 is 7.29. The van der Waals surface area contributed by atoms with Gasteiger partial charge in [0.05, 0.1) is 16.7 Å². The minimum Gasteiger partial charge on any atom is -0.320 e. The lowest BCUT2D eigenvalue weighted by Crippen LogP contribution is -2.30. The van der Waals surface area contributed by atoms with Crippen molar-refractivity contribution in [3.63, 3.8) is 0 Å². The molecule has 2 rings (SSSR count). The highest BCUT2D eigenvalue weighted by molar-refractivity contribution is 8.03. The summed E-state index contributed by atoms with van der Waals surface area (Å²) in [7, 11) is 0. The average Bonchev–Trinajstić information content (AvgIpc) is 2.45. The zero-order valence-electron chi connectivity index (χ0n) is 10.7. The number of carbonyl (C=O) groups excluding carboxylic acids is 1. The first-order chi connectivity index (χ1) is 9.65. The van der Waals surface area contributed by atoms with Crippen molar-refractivity contribution in [2.45, 2.75) is 12.3 Å². The van der Waals surface area contributed by atoms with E-state index in [4.69, 9.17) is 11.6 Å². The van der Waals surface area contributed by atoms with Crippen LogP contribution in [0.2, 0.25) is 5.02 Å². The first kappa shape index (κ1) is 14.7. The van der Waals surface area contributed by atoms with Crippen molar-refractivity contribution in [3.05, 3.63) is 58.1 Å². The quantitative estimate of drug-likeness (QED) is 0.865. The van der Waals surface area contributed by atoms with Crippen LogP contribution in [0.3, 0.4) is 0 Å². The van der Waals surface area contributed by atoms with Crippen LogP contribution < -0.4 is 5.32 Å². The fourth-order valence-corrected chi connectivity index (χ4v) is 3.00. The molecule has 0 aliphatic carbocycles. The van der Waals surface area contributed by atoms with Gasteiger partial charge in [-0.05, 0) is 17.7 Å². The van der Waals surface area contributed by atoms with Gasteiger partial charge in [0.15, 0.2) is 0 Å². The molecule has 20 heavy (non-hydrogen) atoms. The Morgan fingerprint density at radius 3 is 2.80 bits per heavy atom. The van der Waals surface area contributed by atoms with Gasteiger partial charge in [0.2, 0.25) is 5.91 Å². The molecular formula is C15H13ClN2OS. The fourth-order valence-electron chi connectivity index (χ4n) is 2.06. The van der Waals surface area contributed by atoms with Gasteiger partial charge in [0, 0.05) is 23.1 Å². The van der Waals surface area contributed by atoms with Crippen molar-refractivity contribution < 1.29 is 4.79 Å². The highest BCUT2D eigenvalue weighted by Crippen LogP contribution is 2.36. The van der Waals surface area contributed by atoms with Gasteiger partial charge >= 0.3 is 0 Å². The maximum atomic E-state index is 11.8. The molecular weight excluding hydrogens is 292 g/mol. The number of hydrogen-bond acceptors (Lipinski definition) is 3. The van der Waals surface area contributed by atoms with E-state index in [2.05, 4.69) is 18.0 Å². The normalized spacial score (nSPS) is 18.4. The van der Waals surface area contributed by atoms with Gasteiger partial charge in [-0.2, -0.15) is 5.26 Å². The zero-order chi connectivity index (χ0) is 14.5. The molecule has 0 saturated carbocycles. The van der Waals surface area contributed by atoms with Crippen LogP contribution in [0.15, 0.2) is 47.5 Å². The Bertz CT molecular complexity index is 601. The van der Waals surface area contributed by atoms with E-state index in [0.717, 1.165) is 5.56 Å². The third-order valence-electron chi connectivity index (χ3n) is 2.97. The van der Waals surface area contributed by atoms with Crippen LogP contribution in [0, 0.1) is 11.3 Å². The third-order valence-corrected chi connectivity index (χ3v) is 4.24. The zero-order valence-corrected chi connectivity index (χ0v) is 12.3. The van der Waals surface area contributed by atoms with Crippen molar-refractivity contribution in [3.8, 4) is 6.07 Å². The Hall–Kier alpha value is -1.70. The Labute approximate surface area is 127 Å². The number of thioether (sulfide) groups is 1. The highest BCUT2D eigenvalue weighted by Gasteiger charge is 2.29. The maximum absolute atomic E-state index is 11.8. The first-order valence-corrected chi connectivity index (χ1v) is 7.45. The van der Waals surface area contributed by atoms with Crippen LogP contribution in [-0.4, -0.2) is 11.7 Å². The van der Waals surface area contributed by atoms with E-state index in [-0.39, 0.29) is 18.2 Å². The van der Waals surface area contributed by atoms with Crippen LogP contribution in [0.25, 0.3) is 0 Å². The number of amides is 1. The molecule has 1 aliphatic rings. The third kappa shape index (κ3) is 3.24. The molecule has 1 N–H and O–H groups in total. The van der Waals surface area contributed by atoms with Gasteiger partial charge in [-0.1, -0.05) is 29.8 Å². The molecule has 1 amide bonds. The predicted molar refractivity (Wildman–Crippen MR) is 82.2 cm³/mol. The van der Waals surface area contributed by atoms with Crippen molar-refractivity contribution in [2.24, 2.45) is 0 Å². The summed E-state index contributed by atoms with van der Waals surface area (Å²) in [5.41, 5.74) is 1.52. The molecule has 5 heteroatoms. The van der Waals surface area contributed by atoms with Crippen LogP contribution in [-0.2, 0) is 4.79 Å². The second kappa shape index (κ2) is 6.65.